The molecule has 7 nitrogen and oxygen atoms in total. The Bertz CT molecular complexity index is 604. The molecule has 0 spiro atoms. The summed E-state index contributed by atoms with van der Waals surface area (Å²) >= 11 is 0. The molecule has 1 fully saturated rings. The number of alkyl halides is 2. The van der Waals surface area contributed by atoms with Crippen LogP contribution in [0.1, 0.15) is 19.8 Å². The molecule has 1 aliphatic rings. The molecule has 9 heteroatoms. The highest BCUT2D eigenvalue weighted by molar-refractivity contribution is 5.79. The van der Waals surface area contributed by atoms with E-state index in [9.17, 15) is 23.7 Å². The molecule has 1 aliphatic heterocycles. The average molecular weight is 343 g/mol. The Morgan fingerprint density at radius 2 is 2.12 bits per heavy atom. The van der Waals surface area contributed by atoms with Crippen LogP contribution >= 0.6 is 0 Å². The van der Waals surface area contributed by atoms with Gasteiger partial charge in [-0.25, -0.2) is 0 Å². The predicted octanol–water partition coefficient (Wildman–Crippen LogP) is 2.55. The molecule has 2 rings (SSSR count). The van der Waals surface area contributed by atoms with Gasteiger partial charge in [-0.1, -0.05) is 0 Å². The van der Waals surface area contributed by atoms with E-state index in [4.69, 9.17) is 0 Å². The molecule has 0 saturated carbocycles. The summed E-state index contributed by atoms with van der Waals surface area (Å²) in [6.07, 6.45) is 1.16. The number of amides is 1. The van der Waals surface area contributed by atoms with E-state index in [0.29, 0.717) is 38.2 Å². The van der Waals surface area contributed by atoms with E-state index in [2.05, 4.69) is 10.1 Å². The number of nitro benzene ring substituents is 1. The summed E-state index contributed by atoms with van der Waals surface area (Å²) in [5, 5.41) is 13.6. The molecule has 0 radical (unpaired) electrons. The second-order valence-corrected chi connectivity index (χ2v) is 5.44. The quantitative estimate of drug-likeness (QED) is 0.634. The van der Waals surface area contributed by atoms with E-state index in [1.807, 2.05) is 6.92 Å². The normalized spacial score (nSPS) is 15.4. The maximum absolute atomic E-state index is 12.6. The summed E-state index contributed by atoms with van der Waals surface area (Å²) < 4.78 is 29.6. The van der Waals surface area contributed by atoms with Crippen LogP contribution < -0.4 is 15.0 Å². The van der Waals surface area contributed by atoms with E-state index < -0.39 is 11.5 Å². The van der Waals surface area contributed by atoms with Gasteiger partial charge in [0.25, 0.3) is 5.69 Å². The topological polar surface area (TPSA) is 84.7 Å². The van der Waals surface area contributed by atoms with Gasteiger partial charge in [-0.2, -0.15) is 8.78 Å². The van der Waals surface area contributed by atoms with Gasteiger partial charge >= 0.3 is 6.61 Å². The number of ether oxygens (including phenoxy) is 1. The molecule has 0 bridgehead atoms. The van der Waals surface area contributed by atoms with Crippen molar-refractivity contribution >= 4 is 17.3 Å². The Kier molecular flexibility index (Phi) is 5.88. The van der Waals surface area contributed by atoms with Crippen molar-refractivity contribution < 1.29 is 23.2 Å². The second-order valence-electron chi connectivity index (χ2n) is 5.44. The summed E-state index contributed by atoms with van der Waals surface area (Å²) in [6, 6.07) is 3.66. The van der Waals surface area contributed by atoms with E-state index in [-0.39, 0.29) is 23.3 Å². The first kappa shape index (κ1) is 17.9. The largest absolute Gasteiger partial charge is 0.432 e. The van der Waals surface area contributed by atoms with Crippen LogP contribution in [0.25, 0.3) is 0 Å². The molecule has 1 aromatic rings. The maximum atomic E-state index is 12.6. The molecular weight excluding hydrogens is 324 g/mol. The lowest BCUT2D eigenvalue weighted by molar-refractivity contribution is -0.385. The molecule has 1 saturated heterocycles. The number of nitro groups is 1. The van der Waals surface area contributed by atoms with Crippen LogP contribution in [-0.4, -0.2) is 37.1 Å². The smallest absolute Gasteiger partial charge is 0.387 e. The second kappa shape index (κ2) is 7.89. The molecule has 24 heavy (non-hydrogen) atoms. The lowest BCUT2D eigenvalue weighted by atomic mass is 9.95. The van der Waals surface area contributed by atoms with Crippen molar-refractivity contribution in [3.05, 3.63) is 28.3 Å². The van der Waals surface area contributed by atoms with Crippen LogP contribution in [0.15, 0.2) is 18.2 Å². The van der Waals surface area contributed by atoms with Crippen LogP contribution in [0.5, 0.6) is 5.75 Å². The van der Waals surface area contributed by atoms with Crippen molar-refractivity contribution in [1.29, 1.82) is 0 Å². The van der Waals surface area contributed by atoms with Gasteiger partial charge in [-0.15, -0.1) is 0 Å². The highest BCUT2D eigenvalue weighted by atomic mass is 19.3. The fraction of sp³-hybridized carbons (Fsp3) is 0.533. The van der Waals surface area contributed by atoms with Gasteiger partial charge in [-0.05, 0) is 25.8 Å². The predicted molar refractivity (Wildman–Crippen MR) is 83.3 cm³/mol. The van der Waals surface area contributed by atoms with Gasteiger partial charge in [0.1, 0.15) is 0 Å². The number of carbonyl (C=O) groups is 1. The van der Waals surface area contributed by atoms with Gasteiger partial charge in [0.05, 0.1) is 16.7 Å². The van der Waals surface area contributed by atoms with Gasteiger partial charge in [0.15, 0.2) is 5.75 Å². The number of halogens is 2. The van der Waals surface area contributed by atoms with Gasteiger partial charge in [-0.3, -0.25) is 14.9 Å². The monoisotopic (exact) mass is 343 g/mol. The number of nitrogens with one attached hydrogen (secondary N) is 1. The summed E-state index contributed by atoms with van der Waals surface area (Å²) in [7, 11) is 0. The van der Waals surface area contributed by atoms with Crippen LogP contribution in [0.2, 0.25) is 0 Å². The number of anilines is 1. The maximum Gasteiger partial charge on any atom is 0.387 e. The van der Waals surface area contributed by atoms with Gasteiger partial charge < -0.3 is 15.0 Å². The number of non-ortho nitro benzene ring substituents is 1. The van der Waals surface area contributed by atoms with E-state index >= 15 is 0 Å². The minimum absolute atomic E-state index is 0.00935. The van der Waals surface area contributed by atoms with Crippen molar-refractivity contribution in [3.8, 4) is 5.75 Å². The lowest BCUT2D eigenvalue weighted by Gasteiger charge is -2.33. The van der Waals surface area contributed by atoms with E-state index in [1.165, 1.54) is 12.1 Å². The molecule has 132 valence electrons. The number of carbonyl (C=O) groups excluding carboxylic acids is 1. The van der Waals surface area contributed by atoms with Crippen LogP contribution in [-0.2, 0) is 4.79 Å². The van der Waals surface area contributed by atoms with Crippen molar-refractivity contribution in [2.75, 3.05) is 24.5 Å². The van der Waals surface area contributed by atoms with E-state index in [0.717, 1.165) is 6.07 Å². The number of nitrogens with zero attached hydrogens (tertiary/aromatic N) is 2. The summed E-state index contributed by atoms with van der Waals surface area (Å²) in [5.41, 5.74) is 0.0573. The Labute approximate surface area is 137 Å². The molecule has 1 N–H and O–H groups in total. The SMILES string of the molecule is CCNC(=O)C1CCN(c2ccc([N+](=O)[O-])cc2OC(F)F)CC1. The number of benzene rings is 1. The fourth-order valence-corrected chi connectivity index (χ4v) is 2.77. The van der Waals surface area contributed by atoms with E-state index in [1.54, 1.807) is 4.90 Å². The highest BCUT2D eigenvalue weighted by Gasteiger charge is 2.27. The lowest BCUT2D eigenvalue weighted by Crippen LogP contribution is -2.40. The van der Waals surface area contributed by atoms with Gasteiger partial charge in [0.2, 0.25) is 5.91 Å². The fourth-order valence-electron chi connectivity index (χ4n) is 2.77. The zero-order valence-electron chi connectivity index (χ0n) is 13.2. The van der Waals surface area contributed by atoms with Crippen molar-refractivity contribution in [2.24, 2.45) is 5.92 Å². The summed E-state index contributed by atoms with van der Waals surface area (Å²) in [5.74, 6) is -0.348. The van der Waals surface area contributed by atoms with Crippen LogP contribution in [0.4, 0.5) is 20.2 Å². The average Bonchev–Trinajstić information content (AvgIpc) is 2.54. The molecule has 1 heterocycles. The summed E-state index contributed by atoms with van der Waals surface area (Å²) in [6.45, 7) is 0.308. The Balaban J connectivity index is 2.14. The van der Waals surface area contributed by atoms with Crippen molar-refractivity contribution in [1.82, 2.24) is 5.32 Å². The Morgan fingerprint density at radius 3 is 2.67 bits per heavy atom. The third kappa shape index (κ3) is 4.30. The molecule has 0 unspecified atom stereocenters. The first-order chi connectivity index (χ1) is 11.4. The minimum Gasteiger partial charge on any atom is -0.432 e. The minimum atomic E-state index is -3.07. The van der Waals surface area contributed by atoms with Crippen LogP contribution in [0, 0.1) is 16.0 Å². The Morgan fingerprint density at radius 1 is 1.46 bits per heavy atom. The molecule has 0 aliphatic carbocycles. The van der Waals surface area contributed by atoms with Gasteiger partial charge in [0, 0.05) is 31.6 Å². The molecule has 0 atom stereocenters. The van der Waals surface area contributed by atoms with Crippen molar-refractivity contribution in [2.45, 2.75) is 26.4 Å². The summed E-state index contributed by atoms with van der Waals surface area (Å²) in [4.78, 5) is 23.8. The first-order valence-electron chi connectivity index (χ1n) is 7.68. The zero-order chi connectivity index (χ0) is 17.7. The Hall–Kier alpha value is -2.45. The number of rotatable bonds is 6. The number of hydrogen-bond acceptors (Lipinski definition) is 5. The standard InChI is InChI=1S/C15H19F2N3O4/c1-2-18-14(21)10-5-7-19(8-6-10)12-4-3-11(20(22)23)9-13(12)24-15(16)17/h3-4,9-10,15H,2,5-8H2,1H3,(H,18,21). The molecule has 0 aromatic heterocycles. The molecule has 1 aromatic carbocycles. The van der Waals surface area contributed by atoms with Crippen LogP contribution in [0.3, 0.4) is 0 Å². The van der Waals surface area contributed by atoms with Crippen molar-refractivity contribution in [3.63, 3.8) is 0 Å². The molecular formula is C15H19F2N3O4. The highest BCUT2D eigenvalue weighted by Crippen LogP contribution is 2.35. The number of piperidine rings is 1. The third-order valence-electron chi connectivity index (χ3n) is 3.93. The third-order valence-corrected chi connectivity index (χ3v) is 3.93. The molecule has 1 amide bonds. The first-order valence-corrected chi connectivity index (χ1v) is 7.68. The number of hydrogen-bond donors (Lipinski definition) is 1. The zero-order valence-corrected chi connectivity index (χ0v) is 13.2.